The fraction of sp³-hybridized carbons (Fsp3) is 0.500. The third-order valence-electron chi connectivity index (χ3n) is 2.61. The minimum Gasteiger partial charge on any atom is -0.469 e. The van der Waals surface area contributed by atoms with Crippen LogP contribution in [0.5, 0.6) is 0 Å². The molecule has 0 fully saturated rings. The van der Waals surface area contributed by atoms with Gasteiger partial charge in [0.25, 0.3) is 0 Å². The number of hydrogen-bond acceptors (Lipinski definition) is 3. The summed E-state index contributed by atoms with van der Waals surface area (Å²) in [6, 6.07) is 3.85. The van der Waals surface area contributed by atoms with Crippen LogP contribution in [-0.2, 0) is 11.2 Å². The Morgan fingerprint density at radius 3 is 2.82 bits per heavy atom. The Balaban J connectivity index is 2.31. The molecule has 0 saturated carbocycles. The van der Waals surface area contributed by atoms with Crippen molar-refractivity contribution in [2.24, 2.45) is 11.7 Å². The highest BCUT2D eigenvalue weighted by Gasteiger charge is 2.17. The number of furan rings is 1. The van der Waals surface area contributed by atoms with Crippen molar-refractivity contribution in [3.63, 3.8) is 0 Å². The van der Waals surface area contributed by atoms with Crippen LogP contribution in [0.15, 0.2) is 22.8 Å². The molecule has 0 radical (unpaired) electrons. The zero-order valence-corrected chi connectivity index (χ0v) is 10.9. The quantitative estimate of drug-likeness (QED) is 0.757. The average molecular weight is 254 g/mol. The molecule has 1 amide bonds. The summed E-state index contributed by atoms with van der Waals surface area (Å²) in [5, 5.41) is 2.88. The molecule has 17 heavy (non-hydrogen) atoms. The van der Waals surface area contributed by atoms with Crippen molar-refractivity contribution < 1.29 is 9.21 Å². The van der Waals surface area contributed by atoms with Gasteiger partial charge in [0, 0.05) is 12.5 Å². The molecule has 0 aromatic carbocycles. The number of thiocarbonyl (C=S) groups is 1. The number of carbonyl (C=O) groups excluding carboxylic acids is 1. The molecule has 0 bridgehead atoms. The molecule has 1 heterocycles. The predicted octanol–water partition coefficient (Wildman–Crippen LogP) is 1.64. The second-order valence-electron chi connectivity index (χ2n) is 4.15. The van der Waals surface area contributed by atoms with E-state index in [2.05, 4.69) is 5.32 Å². The van der Waals surface area contributed by atoms with Crippen LogP contribution >= 0.6 is 12.2 Å². The van der Waals surface area contributed by atoms with Crippen molar-refractivity contribution in [1.29, 1.82) is 0 Å². The number of hydrogen-bond donors (Lipinski definition) is 2. The zero-order valence-electron chi connectivity index (χ0n) is 10.1. The Bertz CT molecular complexity index is 376. The zero-order chi connectivity index (χ0) is 12.8. The maximum atomic E-state index is 11.7. The fourth-order valence-corrected chi connectivity index (χ4v) is 1.49. The number of aryl methyl sites for hydroxylation is 1. The van der Waals surface area contributed by atoms with Gasteiger partial charge in [0.1, 0.15) is 5.76 Å². The predicted molar refractivity (Wildman–Crippen MR) is 70.6 cm³/mol. The third-order valence-corrected chi connectivity index (χ3v) is 2.97. The summed E-state index contributed by atoms with van der Waals surface area (Å²) >= 11 is 4.78. The monoisotopic (exact) mass is 254 g/mol. The summed E-state index contributed by atoms with van der Waals surface area (Å²) in [6.07, 6.45) is 3.27. The van der Waals surface area contributed by atoms with Crippen molar-refractivity contribution in [3.05, 3.63) is 24.2 Å². The van der Waals surface area contributed by atoms with Crippen molar-refractivity contribution >= 4 is 23.1 Å². The van der Waals surface area contributed by atoms with Gasteiger partial charge < -0.3 is 15.5 Å². The first-order valence-corrected chi connectivity index (χ1v) is 6.03. The first-order valence-electron chi connectivity index (χ1n) is 5.62. The van der Waals surface area contributed by atoms with E-state index in [0.29, 0.717) is 0 Å². The molecule has 0 spiro atoms. The maximum Gasteiger partial charge on any atom is 0.229 e. The smallest absolute Gasteiger partial charge is 0.229 e. The highest BCUT2D eigenvalue weighted by atomic mass is 32.1. The lowest BCUT2D eigenvalue weighted by atomic mass is 10.1. The van der Waals surface area contributed by atoms with Crippen LogP contribution in [0.4, 0.5) is 0 Å². The number of carbonyl (C=O) groups is 1. The average Bonchev–Trinajstić information content (AvgIpc) is 2.77. The minimum absolute atomic E-state index is 0.0735. The molecule has 0 saturated heterocycles. The molecular weight excluding hydrogens is 236 g/mol. The van der Waals surface area contributed by atoms with E-state index >= 15 is 0 Å². The summed E-state index contributed by atoms with van der Waals surface area (Å²) in [7, 11) is 0. The van der Waals surface area contributed by atoms with Crippen LogP contribution in [0, 0.1) is 5.92 Å². The van der Waals surface area contributed by atoms with Crippen molar-refractivity contribution in [3.8, 4) is 0 Å². The van der Waals surface area contributed by atoms with Crippen LogP contribution in [0.3, 0.4) is 0 Å². The molecule has 3 N–H and O–H groups in total. The molecule has 1 aromatic heterocycles. The van der Waals surface area contributed by atoms with Crippen LogP contribution in [0.25, 0.3) is 0 Å². The van der Waals surface area contributed by atoms with E-state index in [4.69, 9.17) is 22.4 Å². The summed E-state index contributed by atoms with van der Waals surface area (Å²) < 4.78 is 5.22. The van der Waals surface area contributed by atoms with Gasteiger partial charge >= 0.3 is 0 Å². The SMILES string of the molecule is CC(CCc1ccco1)NC(=O)C(C)C(N)=S. The molecule has 1 aromatic rings. The normalized spacial score (nSPS) is 14.0. The van der Waals surface area contributed by atoms with E-state index in [0.717, 1.165) is 18.6 Å². The van der Waals surface area contributed by atoms with Gasteiger partial charge in [-0.15, -0.1) is 0 Å². The van der Waals surface area contributed by atoms with Gasteiger partial charge in [-0.2, -0.15) is 0 Å². The second-order valence-corrected chi connectivity index (χ2v) is 4.62. The van der Waals surface area contributed by atoms with E-state index in [1.54, 1.807) is 13.2 Å². The Morgan fingerprint density at radius 1 is 1.59 bits per heavy atom. The Labute approximate surface area is 107 Å². The van der Waals surface area contributed by atoms with Crippen molar-refractivity contribution in [2.75, 3.05) is 0 Å². The van der Waals surface area contributed by atoms with Gasteiger partial charge in [0.2, 0.25) is 5.91 Å². The fourth-order valence-electron chi connectivity index (χ4n) is 1.38. The van der Waals surface area contributed by atoms with E-state index in [1.165, 1.54) is 0 Å². The van der Waals surface area contributed by atoms with Gasteiger partial charge in [-0.25, -0.2) is 0 Å². The molecule has 2 unspecified atom stereocenters. The minimum atomic E-state index is -0.420. The standard InChI is InChI=1S/C12H18N2O2S/c1-8(5-6-10-4-3-7-16-10)14-12(15)9(2)11(13)17/h3-4,7-9H,5-6H2,1-2H3,(H2,13,17)(H,14,15). The highest BCUT2D eigenvalue weighted by Crippen LogP contribution is 2.06. The van der Waals surface area contributed by atoms with E-state index in [-0.39, 0.29) is 16.9 Å². The third kappa shape index (κ3) is 4.56. The van der Waals surface area contributed by atoms with Crippen molar-refractivity contribution in [1.82, 2.24) is 5.32 Å². The first kappa shape index (κ1) is 13.7. The van der Waals surface area contributed by atoms with Crippen LogP contribution < -0.4 is 11.1 Å². The van der Waals surface area contributed by atoms with Gasteiger partial charge in [0.15, 0.2) is 0 Å². The number of amides is 1. The van der Waals surface area contributed by atoms with E-state index in [9.17, 15) is 4.79 Å². The second kappa shape index (κ2) is 6.39. The van der Waals surface area contributed by atoms with Crippen LogP contribution in [-0.4, -0.2) is 16.9 Å². The van der Waals surface area contributed by atoms with Gasteiger partial charge in [0.05, 0.1) is 17.2 Å². The molecule has 94 valence electrons. The molecule has 5 heteroatoms. The topological polar surface area (TPSA) is 68.3 Å². The summed E-state index contributed by atoms with van der Waals surface area (Å²) in [5.74, 6) is 0.383. The lowest BCUT2D eigenvalue weighted by molar-refractivity contribution is -0.123. The first-order chi connectivity index (χ1) is 8.00. The molecular formula is C12H18N2O2S. The largest absolute Gasteiger partial charge is 0.469 e. The number of nitrogens with two attached hydrogens (primary N) is 1. The summed E-state index contributed by atoms with van der Waals surface area (Å²) in [4.78, 5) is 11.9. The Morgan fingerprint density at radius 2 is 2.29 bits per heavy atom. The van der Waals surface area contributed by atoms with Crippen molar-refractivity contribution in [2.45, 2.75) is 32.7 Å². The molecule has 1 rings (SSSR count). The molecule has 4 nitrogen and oxygen atoms in total. The highest BCUT2D eigenvalue weighted by molar-refractivity contribution is 7.80. The summed E-state index contributed by atoms with van der Waals surface area (Å²) in [5.41, 5.74) is 5.42. The van der Waals surface area contributed by atoms with E-state index < -0.39 is 5.92 Å². The maximum absolute atomic E-state index is 11.7. The van der Waals surface area contributed by atoms with E-state index in [1.807, 2.05) is 19.1 Å². The van der Waals surface area contributed by atoms with Crippen LogP contribution in [0.2, 0.25) is 0 Å². The summed E-state index contributed by atoms with van der Waals surface area (Å²) in [6.45, 7) is 3.66. The lowest BCUT2D eigenvalue weighted by Crippen LogP contribution is -2.40. The van der Waals surface area contributed by atoms with Gasteiger partial charge in [-0.3, -0.25) is 4.79 Å². The molecule has 2 atom stereocenters. The van der Waals surface area contributed by atoms with Crippen LogP contribution in [0.1, 0.15) is 26.0 Å². The Kier molecular flexibility index (Phi) is 5.15. The van der Waals surface area contributed by atoms with Gasteiger partial charge in [-0.1, -0.05) is 12.2 Å². The van der Waals surface area contributed by atoms with Gasteiger partial charge in [-0.05, 0) is 32.4 Å². The number of nitrogens with one attached hydrogen (secondary N) is 1. The molecule has 0 aliphatic heterocycles. The molecule has 0 aliphatic carbocycles. The lowest BCUT2D eigenvalue weighted by Gasteiger charge is -2.16. The Hall–Kier alpha value is -1.36. The number of rotatable bonds is 6. The molecule has 0 aliphatic rings.